The number of para-hydroxylation sites is 1. The molecule has 1 aromatic rings. The Morgan fingerprint density at radius 1 is 1.15 bits per heavy atom. The molecule has 4 nitrogen and oxygen atoms in total. The van der Waals surface area contributed by atoms with Gasteiger partial charge in [-0.15, -0.1) is 0 Å². The number of hydrogen-bond acceptors (Lipinski definition) is 4. The zero-order valence-electron chi connectivity index (χ0n) is 11.9. The Morgan fingerprint density at radius 2 is 1.95 bits per heavy atom. The van der Waals surface area contributed by atoms with E-state index in [0.717, 1.165) is 45.2 Å². The maximum Gasteiger partial charge on any atom is 0.161 e. The summed E-state index contributed by atoms with van der Waals surface area (Å²) in [5.74, 6) is 1.46. The van der Waals surface area contributed by atoms with Crippen molar-refractivity contribution in [1.29, 1.82) is 0 Å². The number of nitrogens with zero attached hydrogens (tertiary/aromatic N) is 1. The summed E-state index contributed by atoms with van der Waals surface area (Å²) >= 11 is 0. The SMILES string of the molecule is c1ccc(OCCN2CCCC(C3OCCO3)C2)cc1. The van der Waals surface area contributed by atoms with Crippen LogP contribution in [0.2, 0.25) is 0 Å². The van der Waals surface area contributed by atoms with E-state index >= 15 is 0 Å². The van der Waals surface area contributed by atoms with E-state index in [1.165, 1.54) is 12.8 Å². The summed E-state index contributed by atoms with van der Waals surface area (Å²) in [6.07, 6.45) is 2.45. The highest BCUT2D eigenvalue weighted by molar-refractivity contribution is 5.20. The third kappa shape index (κ3) is 3.72. The first-order valence-electron chi connectivity index (χ1n) is 7.55. The summed E-state index contributed by atoms with van der Waals surface area (Å²) in [5, 5.41) is 0. The lowest BCUT2D eigenvalue weighted by molar-refractivity contribution is -0.100. The summed E-state index contributed by atoms with van der Waals surface area (Å²) in [7, 11) is 0. The summed E-state index contributed by atoms with van der Waals surface area (Å²) in [6, 6.07) is 10.0. The Morgan fingerprint density at radius 3 is 2.75 bits per heavy atom. The molecule has 0 aliphatic carbocycles. The van der Waals surface area contributed by atoms with Gasteiger partial charge in [-0.05, 0) is 31.5 Å². The average Bonchev–Trinajstić information content (AvgIpc) is 3.03. The lowest BCUT2D eigenvalue weighted by Crippen LogP contribution is -2.42. The van der Waals surface area contributed by atoms with E-state index in [4.69, 9.17) is 14.2 Å². The molecule has 2 aliphatic rings. The molecule has 2 heterocycles. The van der Waals surface area contributed by atoms with E-state index in [1.54, 1.807) is 0 Å². The number of likely N-dealkylation sites (tertiary alicyclic amines) is 1. The molecule has 4 heteroatoms. The van der Waals surface area contributed by atoms with Crippen molar-refractivity contribution in [2.75, 3.05) is 39.5 Å². The molecule has 110 valence electrons. The van der Waals surface area contributed by atoms with Crippen LogP contribution in [-0.4, -0.2) is 50.6 Å². The largest absolute Gasteiger partial charge is 0.492 e. The van der Waals surface area contributed by atoms with Gasteiger partial charge in [0, 0.05) is 19.0 Å². The summed E-state index contributed by atoms with van der Waals surface area (Å²) in [6.45, 7) is 5.42. The lowest BCUT2D eigenvalue weighted by Gasteiger charge is -2.34. The third-order valence-electron chi connectivity index (χ3n) is 3.99. The van der Waals surface area contributed by atoms with Gasteiger partial charge in [-0.25, -0.2) is 0 Å². The molecule has 0 spiro atoms. The molecule has 0 aromatic heterocycles. The Hall–Kier alpha value is -1.10. The highest BCUT2D eigenvalue weighted by Crippen LogP contribution is 2.24. The first-order valence-corrected chi connectivity index (χ1v) is 7.55. The van der Waals surface area contributed by atoms with Crippen LogP contribution in [0.5, 0.6) is 5.75 Å². The second kappa shape index (κ2) is 7.07. The summed E-state index contributed by atoms with van der Waals surface area (Å²) in [4.78, 5) is 2.46. The Balaban J connectivity index is 1.41. The maximum absolute atomic E-state index is 5.77. The van der Waals surface area contributed by atoms with Crippen molar-refractivity contribution in [3.63, 3.8) is 0 Å². The van der Waals surface area contributed by atoms with Gasteiger partial charge < -0.3 is 14.2 Å². The minimum Gasteiger partial charge on any atom is -0.492 e. The molecule has 0 bridgehead atoms. The third-order valence-corrected chi connectivity index (χ3v) is 3.99. The highest BCUT2D eigenvalue weighted by atomic mass is 16.7. The van der Waals surface area contributed by atoms with Crippen molar-refractivity contribution in [3.8, 4) is 5.75 Å². The van der Waals surface area contributed by atoms with Crippen LogP contribution in [0, 0.1) is 5.92 Å². The van der Waals surface area contributed by atoms with Crippen LogP contribution >= 0.6 is 0 Å². The van der Waals surface area contributed by atoms with Crippen LogP contribution in [0.25, 0.3) is 0 Å². The van der Waals surface area contributed by atoms with Crippen molar-refractivity contribution < 1.29 is 14.2 Å². The van der Waals surface area contributed by atoms with Gasteiger partial charge in [-0.2, -0.15) is 0 Å². The Labute approximate surface area is 120 Å². The van der Waals surface area contributed by atoms with E-state index in [-0.39, 0.29) is 6.29 Å². The van der Waals surface area contributed by atoms with Gasteiger partial charge in [0.1, 0.15) is 12.4 Å². The first-order chi connectivity index (χ1) is 9.92. The molecule has 0 amide bonds. The van der Waals surface area contributed by atoms with E-state index in [0.29, 0.717) is 5.92 Å². The van der Waals surface area contributed by atoms with Gasteiger partial charge in [0.05, 0.1) is 13.2 Å². The smallest absolute Gasteiger partial charge is 0.161 e. The quantitative estimate of drug-likeness (QED) is 0.825. The minimum absolute atomic E-state index is 0.0211. The molecule has 2 aliphatic heterocycles. The Kier molecular flexibility index (Phi) is 4.90. The molecule has 0 saturated carbocycles. The van der Waals surface area contributed by atoms with Gasteiger partial charge in [0.25, 0.3) is 0 Å². The lowest BCUT2D eigenvalue weighted by atomic mass is 9.97. The second-order valence-corrected chi connectivity index (χ2v) is 5.47. The van der Waals surface area contributed by atoms with Crippen molar-refractivity contribution in [2.45, 2.75) is 19.1 Å². The van der Waals surface area contributed by atoms with Crippen LogP contribution < -0.4 is 4.74 Å². The molecule has 3 rings (SSSR count). The Bertz CT molecular complexity index is 392. The molecular weight excluding hydrogens is 254 g/mol. The number of piperidine rings is 1. The van der Waals surface area contributed by atoms with Crippen molar-refractivity contribution in [3.05, 3.63) is 30.3 Å². The van der Waals surface area contributed by atoms with Gasteiger partial charge in [0.2, 0.25) is 0 Å². The maximum atomic E-state index is 5.77. The molecule has 1 unspecified atom stereocenters. The van der Waals surface area contributed by atoms with Crippen molar-refractivity contribution in [2.24, 2.45) is 5.92 Å². The van der Waals surface area contributed by atoms with Crippen LogP contribution in [0.3, 0.4) is 0 Å². The fourth-order valence-electron chi connectivity index (χ4n) is 2.97. The van der Waals surface area contributed by atoms with Gasteiger partial charge in [-0.1, -0.05) is 18.2 Å². The normalized spacial score (nSPS) is 24.9. The molecule has 1 atom stereocenters. The predicted molar refractivity (Wildman–Crippen MR) is 76.8 cm³/mol. The fraction of sp³-hybridized carbons (Fsp3) is 0.625. The first kappa shape index (κ1) is 13.9. The summed E-state index contributed by atoms with van der Waals surface area (Å²) < 4.78 is 17.0. The van der Waals surface area contributed by atoms with Crippen LogP contribution in [0.15, 0.2) is 30.3 Å². The van der Waals surface area contributed by atoms with Gasteiger partial charge in [-0.3, -0.25) is 4.90 Å². The number of rotatable bonds is 5. The van der Waals surface area contributed by atoms with Crippen LogP contribution in [0.4, 0.5) is 0 Å². The van der Waals surface area contributed by atoms with Crippen LogP contribution in [0.1, 0.15) is 12.8 Å². The zero-order valence-corrected chi connectivity index (χ0v) is 11.9. The number of hydrogen-bond donors (Lipinski definition) is 0. The molecule has 0 radical (unpaired) electrons. The topological polar surface area (TPSA) is 30.9 Å². The van der Waals surface area contributed by atoms with Crippen molar-refractivity contribution >= 4 is 0 Å². The standard InChI is InChI=1S/C16H23NO3/c1-2-6-15(7-3-1)18-10-9-17-8-4-5-14(13-17)16-19-11-12-20-16/h1-3,6-7,14,16H,4-5,8-13H2. The van der Waals surface area contributed by atoms with Gasteiger partial charge in [0.15, 0.2) is 6.29 Å². The van der Waals surface area contributed by atoms with E-state index < -0.39 is 0 Å². The van der Waals surface area contributed by atoms with E-state index in [9.17, 15) is 0 Å². The molecule has 0 N–H and O–H groups in total. The molecule has 2 saturated heterocycles. The second-order valence-electron chi connectivity index (χ2n) is 5.47. The molecule has 20 heavy (non-hydrogen) atoms. The molecule has 2 fully saturated rings. The predicted octanol–water partition coefficient (Wildman–Crippen LogP) is 2.15. The monoisotopic (exact) mass is 277 g/mol. The zero-order chi connectivity index (χ0) is 13.6. The average molecular weight is 277 g/mol. The van der Waals surface area contributed by atoms with Crippen LogP contribution in [-0.2, 0) is 9.47 Å². The summed E-state index contributed by atoms with van der Waals surface area (Å²) in [5.41, 5.74) is 0. The number of benzene rings is 1. The van der Waals surface area contributed by atoms with E-state index in [1.807, 2.05) is 30.3 Å². The minimum atomic E-state index is 0.0211. The van der Waals surface area contributed by atoms with Gasteiger partial charge >= 0.3 is 0 Å². The molecule has 1 aromatic carbocycles. The highest BCUT2D eigenvalue weighted by Gasteiger charge is 2.30. The molecular formula is C16H23NO3. The fourth-order valence-corrected chi connectivity index (χ4v) is 2.97. The number of ether oxygens (including phenoxy) is 3. The van der Waals surface area contributed by atoms with Crippen molar-refractivity contribution in [1.82, 2.24) is 4.90 Å². The van der Waals surface area contributed by atoms with E-state index in [2.05, 4.69) is 4.90 Å².